The third-order valence-corrected chi connectivity index (χ3v) is 4.15. The summed E-state index contributed by atoms with van der Waals surface area (Å²) >= 11 is 0. The van der Waals surface area contributed by atoms with Crippen LogP contribution in [0.25, 0.3) is 0 Å². The molecule has 1 rings (SSSR count). The number of nitrogens with one attached hydrogen (secondary N) is 2. The Bertz CT molecular complexity index is 578. The Morgan fingerprint density at radius 3 is 2.57 bits per heavy atom. The lowest BCUT2D eigenvalue weighted by molar-refractivity contribution is 0.0944. The number of aromatic amines is 1. The van der Waals surface area contributed by atoms with Crippen LogP contribution in [0.15, 0.2) is 4.90 Å². The quantitative estimate of drug-likeness (QED) is 0.624. The number of amides is 1. The summed E-state index contributed by atoms with van der Waals surface area (Å²) in [6.45, 7) is 6.54. The highest BCUT2D eigenvalue weighted by Crippen LogP contribution is 2.17. The van der Waals surface area contributed by atoms with E-state index in [0.29, 0.717) is 24.6 Å². The van der Waals surface area contributed by atoms with Gasteiger partial charge in [0.15, 0.2) is 5.69 Å². The molecule has 0 fully saturated rings. The van der Waals surface area contributed by atoms with Crippen molar-refractivity contribution in [3.05, 3.63) is 11.4 Å². The number of aromatic nitrogens is 2. The fraction of sp³-hybridized carbons (Fsp3) is 0.692. The van der Waals surface area contributed by atoms with Crippen molar-refractivity contribution in [2.45, 2.75) is 51.3 Å². The average Bonchev–Trinajstić information content (AvgIpc) is 2.81. The Balaban J connectivity index is 2.69. The van der Waals surface area contributed by atoms with Crippen LogP contribution in [0.1, 0.15) is 56.2 Å². The number of rotatable bonds is 8. The summed E-state index contributed by atoms with van der Waals surface area (Å²) in [4.78, 5) is 11.8. The lowest BCUT2D eigenvalue weighted by atomic mass is 10.1. The molecule has 8 heteroatoms. The van der Waals surface area contributed by atoms with Gasteiger partial charge in [0.25, 0.3) is 5.91 Å². The van der Waals surface area contributed by atoms with Crippen molar-refractivity contribution in [1.29, 1.82) is 0 Å². The maximum atomic E-state index is 12.0. The van der Waals surface area contributed by atoms with Gasteiger partial charge in [-0.2, -0.15) is 5.10 Å². The number of H-pyrrole nitrogens is 1. The number of nitrogens with two attached hydrogens (primary N) is 1. The molecule has 0 atom stereocenters. The van der Waals surface area contributed by atoms with Crippen LogP contribution in [0, 0.1) is 5.92 Å². The molecule has 0 aromatic carbocycles. The van der Waals surface area contributed by atoms with Gasteiger partial charge in [0.2, 0.25) is 10.0 Å². The molecule has 1 amide bonds. The molecule has 1 aromatic heterocycles. The summed E-state index contributed by atoms with van der Waals surface area (Å²) in [5.74, 6) is 0.118. The predicted octanol–water partition coefficient (Wildman–Crippen LogP) is 1.18. The third kappa shape index (κ3) is 5.13. The van der Waals surface area contributed by atoms with E-state index in [1.165, 1.54) is 0 Å². The highest BCUT2D eigenvalue weighted by Gasteiger charge is 2.26. The van der Waals surface area contributed by atoms with E-state index in [2.05, 4.69) is 29.4 Å². The van der Waals surface area contributed by atoms with Gasteiger partial charge in [0, 0.05) is 6.54 Å². The zero-order valence-electron chi connectivity index (χ0n) is 12.8. The van der Waals surface area contributed by atoms with Crippen LogP contribution in [0.3, 0.4) is 0 Å². The minimum atomic E-state index is -3.98. The number of unbranched alkanes of at least 4 members (excludes halogenated alkanes) is 1. The zero-order chi connectivity index (χ0) is 16.0. The number of hydrogen-bond acceptors (Lipinski definition) is 4. The minimum Gasteiger partial charge on any atom is -0.351 e. The van der Waals surface area contributed by atoms with Crippen LogP contribution in [0.5, 0.6) is 0 Å². The van der Waals surface area contributed by atoms with Crippen molar-refractivity contribution in [1.82, 2.24) is 15.5 Å². The van der Waals surface area contributed by atoms with E-state index in [0.717, 1.165) is 19.3 Å². The number of sulfonamides is 1. The summed E-state index contributed by atoms with van der Waals surface area (Å²) in [5, 5.41) is 14.2. The number of hydrogen-bond donors (Lipinski definition) is 3. The third-order valence-electron chi connectivity index (χ3n) is 3.14. The SMILES string of the molecule is CCc1[nH]nc(C(=O)NCCCCC(C)C)c1S(N)(=O)=O. The van der Waals surface area contributed by atoms with E-state index in [4.69, 9.17) is 5.14 Å². The second-order valence-electron chi connectivity index (χ2n) is 5.42. The summed E-state index contributed by atoms with van der Waals surface area (Å²) in [6, 6.07) is 0. The molecule has 0 bridgehead atoms. The number of aryl methyl sites for hydroxylation is 1. The molecule has 4 N–H and O–H groups in total. The first-order valence-electron chi connectivity index (χ1n) is 7.15. The van der Waals surface area contributed by atoms with Gasteiger partial charge < -0.3 is 5.32 Å². The van der Waals surface area contributed by atoms with E-state index < -0.39 is 15.9 Å². The molecular formula is C13H24N4O3S. The maximum absolute atomic E-state index is 12.0. The van der Waals surface area contributed by atoms with Gasteiger partial charge in [-0.15, -0.1) is 0 Å². The van der Waals surface area contributed by atoms with Gasteiger partial charge in [0.1, 0.15) is 4.90 Å². The average molecular weight is 316 g/mol. The van der Waals surface area contributed by atoms with Gasteiger partial charge in [-0.05, 0) is 18.8 Å². The molecule has 0 radical (unpaired) electrons. The Hall–Kier alpha value is -1.41. The van der Waals surface area contributed by atoms with Crippen molar-refractivity contribution >= 4 is 15.9 Å². The molecule has 0 unspecified atom stereocenters. The molecule has 0 aliphatic carbocycles. The van der Waals surface area contributed by atoms with Gasteiger partial charge in [0.05, 0.1) is 5.69 Å². The Kier molecular flexibility index (Phi) is 6.35. The number of carbonyl (C=O) groups is 1. The molecule has 0 saturated heterocycles. The fourth-order valence-electron chi connectivity index (χ4n) is 2.03. The lowest BCUT2D eigenvalue weighted by Crippen LogP contribution is -2.27. The molecule has 0 aliphatic heterocycles. The smallest absolute Gasteiger partial charge is 0.273 e. The topological polar surface area (TPSA) is 118 Å². The molecular weight excluding hydrogens is 292 g/mol. The van der Waals surface area contributed by atoms with E-state index in [9.17, 15) is 13.2 Å². The summed E-state index contributed by atoms with van der Waals surface area (Å²) < 4.78 is 23.2. The zero-order valence-corrected chi connectivity index (χ0v) is 13.6. The fourth-order valence-corrected chi connectivity index (χ4v) is 2.97. The largest absolute Gasteiger partial charge is 0.351 e. The van der Waals surface area contributed by atoms with Crippen molar-refractivity contribution in [3.8, 4) is 0 Å². The van der Waals surface area contributed by atoms with Crippen LogP contribution in [0.2, 0.25) is 0 Å². The first-order chi connectivity index (χ1) is 9.77. The van der Waals surface area contributed by atoms with E-state index in [1.807, 2.05) is 0 Å². The first-order valence-corrected chi connectivity index (χ1v) is 8.70. The van der Waals surface area contributed by atoms with Gasteiger partial charge in [-0.3, -0.25) is 9.89 Å². The van der Waals surface area contributed by atoms with Crippen molar-refractivity contribution in [2.75, 3.05) is 6.54 Å². The number of carbonyl (C=O) groups excluding carboxylic acids is 1. The number of nitrogens with zero attached hydrogens (tertiary/aromatic N) is 1. The second kappa shape index (κ2) is 7.56. The Morgan fingerprint density at radius 1 is 1.38 bits per heavy atom. The van der Waals surface area contributed by atoms with Crippen LogP contribution in [-0.2, 0) is 16.4 Å². The van der Waals surface area contributed by atoms with Crippen LogP contribution >= 0.6 is 0 Å². The summed E-state index contributed by atoms with van der Waals surface area (Å²) in [5.41, 5.74) is 0.195. The molecule has 0 saturated carbocycles. The molecule has 7 nitrogen and oxygen atoms in total. The minimum absolute atomic E-state index is 0.154. The standard InChI is InChI=1S/C13H24N4O3S/c1-4-10-12(21(14,19)20)11(17-16-10)13(18)15-8-6-5-7-9(2)3/h9H,4-8H2,1-3H3,(H,15,18)(H,16,17)(H2,14,19,20). The monoisotopic (exact) mass is 316 g/mol. The Labute approximate surface area is 125 Å². The predicted molar refractivity (Wildman–Crippen MR) is 80.4 cm³/mol. The summed E-state index contributed by atoms with van der Waals surface area (Å²) in [6.07, 6.45) is 3.36. The molecule has 120 valence electrons. The molecule has 1 aromatic rings. The first kappa shape index (κ1) is 17.6. The van der Waals surface area contributed by atoms with Gasteiger partial charge in [-0.1, -0.05) is 33.6 Å². The highest BCUT2D eigenvalue weighted by molar-refractivity contribution is 7.89. The van der Waals surface area contributed by atoms with E-state index in [-0.39, 0.29) is 10.6 Å². The summed E-state index contributed by atoms with van der Waals surface area (Å²) in [7, 11) is -3.98. The molecule has 0 spiro atoms. The van der Waals surface area contributed by atoms with Crippen molar-refractivity contribution < 1.29 is 13.2 Å². The van der Waals surface area contributed by atoms with Crippen molar-refractivity contribution in [3.63, 3.8) is 0 Å². The van der Waals surface area contributed by atoms with E-state index >= 15 is 0 Å². The molecule has 1 heterocycles. The van der Waals surface area contributed by atoms with Crippen LogP contribution in [-0.4, -0.2) is 31.1 Å². The molecule has 0 aliphatic rings. The lowest BCUT2D eigenvalue weighted by Gasteiger charge is -2.06. The van der Waals surface area contributed by atoms with Crippen LogP contribution < -0.4 is 10.5 Å². The van der Waals surface area contributed by atoms with Gasteiger partial charge in [-0.25, -0.2) is 13.6 Å². The van der Waals surface area contributed by atoms with Gasteiger partial charge >= 0.3 is 0 Å². The number of primary sulfonamides is 1. The normalized spacial score (nSPS) is 11.9. The molecule has 21 heavy (non-hydrogen) atoms. The Morgan fingerprint density at radius 2 is 2.05 bits per heavy atom. The second-order valence-corrected chi connectivity index (χ2v) is 6.92. The van der Waals surface area contributed by atoms with Crippen molar-refractivity contribution in [2.24, 2.45) is 11.1 Å². The maximum Gasteiger partial charge on any atom is 0.273 e. The highest BCUT2D eigenvalue weighted by atomic mass is 32.2. The van der Waals surface area contributed by atoms with E-state index in [1.54, 1.807) is 6.92 Å². The van der Waals surface area contributed by atoms with Crippen LogP contribution in [0.4, 0.5) is 0 Å².